The Hall–Kier alpha value is -2.39. The van der Waals surface area contributed by atoms with Gasteiger partial charge in [0, 0.05) is 17.3 Å². The van der Waals surface area contributed by atoms with Crippen LogP contribution in [0.2, 0.25) is 0 Å². The van der Waals surface area contributed by atoms with Crippen molar-refractivity contribution in [3.63, 3.8) is 0 Å². The van der Waals surface area contributed by atoms with Crippen LogP contribution in [0.1, 0.15) is 11.6 Å². The predicted molar refractivity (Wildman–Crippen MR) is 81.6 cm³/mol. The second-order valence-corrected chi connectivity index (χ2v) is 4.67. The third-order valence-corrected chi connectivity index (χ3v) is 3.36. The Morgan fingerprint density at radius 3 is 2.50 bits per heavy atom. The van der Waals surface area contributed by atoms with Crippen molar-refractivity contribution >= 4 is 16.6 Å². The number of aliphatic hydroxyl groups is 1. The van der Waals surface area contributed by atoms with Crippen LogP contribution < -0.4 is 5.32 Å². The van der Waals surface area contributed by atoms with Crippen LogP contribution in [-0.4, -0.2) is 16.7 Å². The Balaban J connectivity index is 1.96. The molecule has 3 aromatic rings. The summed E-state index contributed by atoms with van der Waals surface area (Å²) in [6.45, 7) is 0.0423. The van der Waals surface area contributed by atoms with E-state index >= 15 is 0 Å². The molecule has 3 nitrogen and oxygen atoms in total. The van der Waals surface area contributed by atoms with Crippen LogP contribution in [0.15, 0.2) is 66.9 Å². The zero-order valence-electron chi connectivity index (χ0n) is 11.0. The lowest BCUT2D eigenvalue weighted by molar-refractivity contribution is 0.276. The maximum atomic E-state index is 9.63. The second kappa shape index (κ2) is 5.72. The van der Waals surface area contributed by atoms with Crippen LogP contribution in [0.25, 0.3) is 10.9 Å². The van der Waals surface area contributed by atoms with Gasteiger partial charge in [-0.15, -0.1) is 0 Å². The van der Waals surface area contributed by atoms with Crippen LogP contribution in [-0.2, 0) is 0 Å². The van der Waals surface area contributed by atoms with Crippen molar-refractivity contribution in [1.82, 2.24) is 4.98 Å². The zero-order valence-corrected chi connectivity index (χ0v) is 11.0. The van der Waals surface area contributed by atoms with Crippen molar-refractivity contribution in [2.45, 2.75) is 6.04 Å². The van der Waals surface area contributed by atoms with E-state index < -0.39 is 0 Å². The van der Waals surface area contributed by atoms with Gasteiger partial charge in [0.2, 0.25) is 0 Å². The largest absolute Gasteiger partial charge is 0.394 e. The Kier molecular flexibility index (Phi) is 3.61. The summed E-state index contributed by atoms with van der Waals surface area (Å²) >= 11 is 0. The number of para-hydroxylation sites is 1. The molecule has 1 atom stereocenters. The van der Waals surface area contributed by atoms with E-state index in [2.05, 4.69) is 10.3 Å². The first-order valence-electron chi connectivity index (χ1n) is 6.64. The van der Waals surface area contributed by atoms with E-state index in [9.17, 15) is 5.11 Å². The van der Waals surface area contributed by atoms with Gasteiger partial charge in [0.25, 0.3) is 0 Å². The number of hydrogen-bond acceptors (Lipinski definition) is 3. The number of hydrogen-bond donors (Lipinski definition) is 2. The van der Waals surface area contributed by atoms with Gasteiger partial charge in [-0.1, -0.05) is 48.5 Å². The lowest BCUT2D eigenvalue weighted by atomic mass is 10.1. The molecule has 0 saturated heterocycles. The SMILES string of the molecule is OCC(Nc1ccnc2ccccc12)c1ccccc1. The molecule has 0 saturated carbocycles. The van der Waals surface area contributed by atoms with Crippen LogP contribution in [0.5, 0.6) is 0 Å². The van der Waals surface area contributed by atoms with Crippen LogP contribution in [0.3, 0.4) is 0 Å². The lowest BCUT2D eigenvalue weighted by Gasteiger charge is -2.19. The molecule has 0 amide bonds. The van der Waals surface area contributed by atoms with Crippen molar-refractivity contribution < 1.29 is 5.11 Å². The molecule has 0 aliphatic heterocycles. The highest BCUT2D eigenvalue weighted by Gasteiger charge is 2.11. The van der Waals surface area contributed by atoms with E-state index in [0.717, 1.165) is 22.2 Å². The molecule has 2 aromatic carbocycles. The molecule has 1 aromatic heterocycles. The van der Waals surface area contributed by atoms with Crippen LogP contribution >= 0.6 is 0 Å². The van der Waals surface area contributed by atoms with E-state index in [0.29, 0.717) is 0 Å². The first-order chi connectivity index (χ1) is 9.88. The zero-order chi connectivity index (χ0) is 13.8. The van der Waals surface area contributed by atoms with Gasteiger partial charge in [-0.05, 0) is 17.7 Å². The molecule has 0 radical (unpaired) electrons. The number of fused-ring (bicyclic) bond motifs is 1. The minimum atomic E-state index is -0.123. The minimum Gasteiger partial charge on any atom is -0.394 e. The molecule has 0 aliphatic carbocycles. The summed E-state index contributed by atoms with van der Waals surface area (Å²) in [5.41, 5.74) is 3.00. The molecule has 100 valence electrons. The topological polar surface area (TPSA) is 45.1 Å². The van der Waals surface area contributed by atoms with Gasteiger partial charge in [0.05, 0.1) is 18.2 Å². The fraction of sp³-hybridized carbons (Fsp3) is 0.118. The molecule has 0 spiro atoms. The van der Waals surface area contributed by atoms with Gasteiger partial charge in [0.1, 0.15) is 0 Å². The van der Waals surface area contributed by atoms with E-state index in [1.165, 1.54) is 0 Å². The predicted octanol–water partition coefficient (Wildman–Crippen LogP) is 3.38. The van der Waals surface area contributed by atoms with Gasteiger partial charge < -0.3 is 10.4 Å². The molecule has 0 fully saturated rings. The third kappa shape index (κ3) is 2.49. The van der Waals surface area contributed by atoms with Crippen molar-refractivity contribution in [3.8, 4) is 0 Å². The van der Waals surface area contributed by atoms with E-state index in [1.807, 2.05) is 60.7 Å². The summed E-state index contributed by atoms with van der Waals surface area (Å²) in [6.07, 6.45) is 1.78. The molecular weight excluding hydrogens is 248 g/mol. The Bertz CT molecular complexity index is 692. The number of nitrogens with one attached hydrogen (secondary N) is 1. The third-order valence-electron chi connectivity index (χ3n) is 3.36. The van der Waals surface area contributed by atoms with Crippen molar-refractivity contribution in [2.75, 3.05) is 11.9 Å². The van der Waals surface area contributed by atoms with Gasteiger partial charge >= 0.3 is 0 Å². The molecule has 0 aliphatic rings. The van der Waals surface area contributed by atoms with E-state index in [1.54, 1.807) is 6.20 Å². The summed E-state index contributed by atoms with van der Waals surface area (Å²) in [6, 6.07) is 19.7. The summed E-state index contributed by atoms with van der Waals surface area (Å²) in [5, 5.41) is 14.1. The molecular formula is C17H16N2O. The number of nitrogens with zero attached hydrogens (tertiary/aromatic N) is 1. The molecule has 20 heavy (non-hydrogen) atoms. The van der Waals surface area contributed by atoms with Crippen molar-refractivity contribution in [1.29, 1.82) is 0 Å². The average molecular weight is 264 g/mol. The van der Waals surface area contributed by atoms with E-state index in [4.69, 9.17) is 0 Å². The van der Waals surface area contributed by atoms with Gasteiger partial charge in [-0.25, -0.2) is 0 Å². The molecule has 3 heteroatoms. The molecule has 0 bridgehead atoms. The fourth-order valence-electron chi connectivity index (χ4n) is 2.33. The van der Waals surface area contributed by atoms with Gasteiger partial charge in [-0.3, -0.25) is 4.98 Å². The molecule has 1 unspecified atom stereocenters. The van der Waals surface area contributed by atoms with Crippen molar-refractivity contribution in [3.05, 3.63) is 72.4 Å². The number of benzene rings is 2. The monoisotopic (exact) mass is 264 g/mol. The maximum Gasteiger partial charge on any atom is 0.0745 e. The Labute approximate surface area is 117 Å². The van der Waals surface area contributed by atoms with Gasteiger partial charge in [-0.2, -0.15) is 0 Å². The quantitative estimate of drug-likeness (QED) is 0.759. The molecule has 1 heterocycles. The highest BCUT2D eigenvalue weighted by Crippen LogP contribution is 2.25. The number of aromatic nitrogens is 1. The highest BCUT2D eigenvalue weighted by atomic mass is 16.3. The number of pyridine rings is 1. The first kappa shape index (κ1) is 12.6. The Morgan fingerprint density at radius 1 is 0.950 bits per heavy atom. The standard InChI is InChI=1S/C17H16N2O/c20-12-17(13-6-2-1-3-7-13)19-16-10-11-18-15-9-5-4-8-14(15)16/h1-11,17,20H,12H2,(H,18,19). The molecule has 2 N–H and O–H groups in total. The summed E-state index contributed by atoms with van der Waals surface area (Å²) in [4.78, 5) is 4.35. The van der Waals surface area contributed by atoms with Crippen molar-refractivity contribution in [2.24, 2.45) is 0 Å². The molecule has 3 rings (SSSR count). The average Bonchev–Trinajstić information content (AvgIpc) is 2.53. The highest BCUT2D eigenvalue weighted by molar-refractivity contribution is 5.91. The summed E-state index contributed by atoms with van der Waals surface area (Å²) in [7, 11) is 0. The number of anilines is 1. The Morgan fingerprint density at radius 2 is 1.70 bits per heavy atom. The summed E-state index contributed by atoms with van der Waals surface area (Å²) < 4.78 is 0. The summed E-state index contributed by atoms with van der Waals surface area (Å²) in [5.74, 6) is 0. The second-order valence-electron chi connectivity index (χ2n) is 4.67. The number of aliphatic hydroxyl groups excluding tert-OH is 1. The first-order valence-corrected chi connectivity index (χ1v) is 6.64. The van der Waals surface area contributed by atoms with E-state index in [-0.39, 0.29) is 12.6 Å². The van der Waals surface area contributed by atoms with Crippen LogP contribution in [0, 0.1) is 0 Å². The normalized spacial score (nSPS) is 12.2. The maximum absolute atomic E-state index is 9.63. The number of rotatable bonds is 4. The van der Waals surface area contributed by atoms with Gasteiger partial charge in [0.15, 0.2) is 0 Å². The van der Waals surface area contributed by atoms with Crippen LogP contribution in [0.4, 0.5) is 5.69 Å². The smallest absolute Gasteiger partial charge is 0.0745 e. The lowest BCUT2D eigenvalue weighted by Crippen LogP contribution is -2.15. The minimum absolute atomic E-state index is 0.0423. The fourth-order valence-corrected chi connectivity index (χ4v) is 2.33.